The number of rotatable bonds is 8. The van der Waals surface area contributed by atoms with Crippen LogP contribution in [-0.2, 0) is 19.1 Å². The lowest BCUT2D eigenvalue weighted by molar-refractivity contribution is -0.175. The van der Waals surface area contributed by atoms with Crippen LogP contribution in [0.15, 0.2) is 0 Å². The molecule has 0 aromatic heterocycles. The molecule has 0 spiro atoms. The van der Waals surface area contributed by atoms with Crippen molar-refractivity contribution in [3.8, 4) is 0 Å². The first-order valence-corrected chi connectivity index (χ1v) is 5.02. The van der Waals surface area contributed by atoms with Gasteiger partial charge < -0.3 is 26.4 Å². The maximum Gasteiger partial charge on any atom is 0.356 e. The molecule has 0 unspecified atom stereocenters. The Bertz CT molecular complexity index is 279. The number of unbranched alkanes of at least 4 members (excludes halogenated alkanes) is 1. The molecule has 8 nitrogen and oxygen atoms in total. The quantitative estimate of drug-likeness (QED) is 0.230. The molecular formula is C9H16N2O6. The van der Waals surface area contributed by atoms with Crippen LogP contribution in [0.25, 0.3) is 0 Å². The molecule has 0 bridgehead atoms. The standard InChI is InChI=1S/C9H16N2O6/c10-4-2-1-3-5(11)9(16)17-6(7(12)13)8(14)15/h5-6H,1-4,10-11H2,(H,12,13)(H,14,15)/t5-/m0/s1. The molecule has 0 amide bonds. The smallest absolute Gasteiger partial charge is 0.356 e. The van der Waals surface area contributed by atoms with E-state index in [2.05, 4.69) is 4.74 Å². The summed E-state index contributed by atoms with van der Waals surface area (Å²) in [5.74, 6) is -4.54. The Morgan fingerprint density at radius 2 is 1.65 bits per heavy atom. The van der Waals surface area contributed by atoms with Crippen LogP contribution in [-0.4, -0.2) is 46.8 Å². The molecular weight excluding hydrogens is 232 g/mol. The monoisotopic (exact) mass is 248 g/mol. The number of ether oxygens (including phenoxy) is 1. The number of esters is 1. The number of carboxylic acids is 2. The fourth-order valence-corrected chi connectivity index (χ4v) is 1.04. The van der Waals surface area contributed by atoms with Gasteiger partial charge in [-0.3, -0.25) is 4.79 Å². The lowest BCUT2D eigenvalue weighted by Gasteiger charge is -2.13. The Balaban J connectivity index is 4.21. The minimum atomic E-state index is -2.22. The van der Waals surface area contributed by atoms with Gasteiger partial charge in [0, 0.05) is 0 Å². The van der Waals surface area contributed by atoms with Crippen LogP contribution in [0.4, 0.5) is 0 Å². The number of carbonyl (C=O) groups excluding carboxylic acids is 1. The Labute approximate surface area is 97.5 Å². The Hall–Kier alpha value is -1.67. The van der Waals surface area contributed by atoms with E-state index in [1.807, 2.05) is 0 Å². The molecule has 1 atom stereocenters. The summed E-state index contributed by atoms with van der Waals surface area (Å²) in [5.41, 5.74) is 10.6. The molecule has 0 rings (SSSR count). The van der Waals surface area contributed by atoms with Crippen molar-refractivity contribution in [2.75, 3.05) is 6.54 Å². The molecule has 0 saturated carbocycles. The summed E-state index contributed by atoms with van der Waals surface area (Å²) in [5, 5.41) is 16.9. The molecule has 0 aliphatic carbocycles. The predicted octanol–water partition coefficient (Wildman–Crippen LogP) is -1.48. The van der Waals surface area contributed by atoms with Crippen molar-refractivity contribution in [3.05, 3.63) is 0 Å². The molecule has 0 radical (unpaired) electrons. The van der Waals surface area contributed by atoms with Crippen molar-refractivity contribution in [2.24, 2.45) is 11.5 Å². The zero-order chi connectivity index (χ0) is 13.4. The van der Waals surface area contributed by atoms with Crippen molar-refractivity contribution in [1.29, 1.82) is 0 Å². The fourth-order valence-electron chi connectivity index (χ4n) is 1.04. The van der Waals surface area contributed by atoms with Gasteiger partial charge in [0.1, 0.15) is 6.04 Å². The van der Waals surface area contributed by atoms with E-state index < -0.39 is 30.1 Å². The highest BCUT2D eigenvalue weighted by Gasteiger charge is 2.31. The van der Waals surface area contributed by atoms with Crippen LogP contribution >= 0.6 is 0 Å². The number of aliphatic carboxylic acids is 2. The lowest BCUT2D eigenvalue weighted by atomic mass is 10.1. The zero-order valence-corrected chi connectivity index (χ0v) is 9.17. The van der Waals surface area contributed by atoms with Crippen molar-refractivity contribution in [2.45, 2.75) is 31.4 Å². The Morgan fingerprint density at radius 3 is 2.06 bits per heavy atom. The molecule has 0 aliphatic rings. The van der Waals surface area contributed by atoms with Gasteiger partial charge in [-0.1, -0.05) is 6.42 Å². The molecule has 0 aromatic carbocycles. The fraction of sp³-hybridized carbons (Fsp3) is 0.667. The van der Waals surface area contributed by atoms with Gasteiger partial charge in [0.15, 0.2) is 0 Å². The first-order chi connectivity index (χ1) is 7.90. The van der Waals surface area contributed by atoms with Crippen LogP contribution < -0.4 is 11.5 Å². The van der Waals surface area contributed by atoms with Gasteiger partial charge in [-0.25, -0.2) is 9.59 Å². The number of hydrogen-bond donors (Lipinski definition) is 4. The molecule has 17 heavy (non-hydrogen) atoms. The predicted molar refractivity (Wildman–Crippen MR) is 56.0 cm³/mol. The van der Waals surface area contributed by atoms with Crippen LogP contribution in [0.2, 0.25) is 0 Å². The first-order valence-electron chi connectivity index (χ1n) is 5.02. The highest BCUT2D eigenvalue weighted by atomic mass is 16.6. The van der Waals surface area contributed by atoms with Gasteiger partial charge in [0.05, 0.1) is 0 Å². The highest BCUT2D eigenvalue weighted by molar-refractivity contribution is 5.98. The lowest BCUT2D eigenvalue weighted by Crippen LogP contribution is -2.41. The maximum absolute atomic E-state index is 11.3. The summed E-state index contributed by atoms with van der Waals surface area (Å²) in [6.45, 7) is 0.453. The molecule has 0 saturated heterocycles. The summed E-state index contributed by atoms with van der Waals surface area (Å²) in [6.07, 6.45) is -0.704. The van der Waals surface area contributed by atoms with Gasteiger partial charge in [-0.2, -0.15) is 0 Å². The summed E-state index contributed by atoms with van der Waals surface area (Å²) in [7, 11) is 0. The van der Waals surface area contributed by atoms with Gasteiger partial charge in [-0.05, 0) is 19.4 Å². The van der Waals surface area contributed by atoms with Crippen LogP contribution in [0.5, 0.6) is 0 Å². The van der Waals surface area contributed by atoms with Gasteiger partial charge in [-0.15, -0.1) is 0 Å². The summed E-state index contributed by atoms with van der Waals surface area (Å²) < 4.78 is 4.27. The van der Waals surface area contributed by atoms with Gasteiger partial charge >= 0.3 is 17.9 Å². The Morgan fingerprint density at radius 1 is 1.12 bits per heavy atom. The van der Waals surface area contributed by atoms with E-state index in [-0.39, 0.29) is 6.42 Å². The van der Waals surface area contributed by atoms with Gasteiger partial charge in [0.2, 0.25) is 0 Å². The maximum atomic E-state index is 11.3. The molecule has 0 fully saturated rings. The molecule has 0 aliphatic heterocycles. The van der Waals surface area contributed by atoms with E-state index in [0.717, 1.165) is 0 Å². The third-order valence-electron chi connectivity index (χ3n) is 1.95. The van der Waals surface area contributed by atoms with Crippen LogP contribution in [0, 0.1) is 0 Å². The molecule has 0 aromatic rings. The van der Waals surface area contributed by atoms with E-state index in [0.29, 0.717) is 19.4 Å². The number of hydrogen-bond acceptors (Lipinski definition) is 6. The minimum absolute atomic E-state index is 0.266. The van der Waals surface area contributed by atoms with E-state index in [9.17, 15) is 14.4 Å². The van der Waals surface area contributed by atoms with Crippen LogP contribution in [0.1, 0.15) is 19.3 Å². The SMILES string of the molecule is NCCCC[C@H](N)C(=O)OC(C(=O)O)C(=O)O. The number of carbonyl (C=O) groups is 3. The number of nitrogens with two attached hydrogens (primary N) is 2. The minimum Gasteiger partial charge on any atom is -0.478 e. The number of carboxylic acid groups (broad SMARTS) is 2. The second-order valence-electron chi connectivity index (χ2n) is 3.38. The normalized spacial score (nSPS) is 12.2. The third-order valence-corrected chi connectivity index (χ3v) is 1.95. The zero-order valence-electron chi connectivity index (χ0n) is 9.17. The van der Waals surface area contributed by atoms with Crippen molar-refractivity contribution in [1.82, 2.24) is 0 Å². The molecule has 0 heterocycles. The summed E-state index contributed by atoms with van der Waals surface area (Å²) in [6, 6.07) is -1.04. The summed E-state index contributed by atoms with van der Waals surface area (Å²) in [4.78, 5) is 32.1. The molecule has 8 heteroatoms. The highest BCUT2D eigenvalue weighted by Crippen LogP contribution is 2.03. The van der Waals surface area contributed by atoms with Crippen LogP contribution in [0.3, 0.4) is 0 Å². The molecule has 98 valence electrons. The summed E-state index contributed by atoms with van der Waals surface area (Å²) >= 11 is 0. The largest absolute Gasteiger partial charge is 0.478 e. The third kappa shape index (κ3) is 5.83. The van der Waals surface area contributed by atoms with E-state index in [4.69, 9.17) is 21.7 Å². The average Bonchev–Trinajstić information content (AvgIpc) is 2.24. The van der Waals surface area contributed by atoms with E-state index >= 15 is 0 Å². The van der Waals surface area contributed by atoms with Crippen molar-refractivity contribution < 1.29 is 29.3 Å². The second-order valence-corrected chi connectivity index (χ2v) is 3.38. The topological polar surface area (TPSA) is 153 Å². The van der Waals surface area contributed by atoms with Crippen molar-refractivity contribution in [3.63, 3.8) is 0 Å². The average molecular weight is 248 g/mol. The van der Waals surface area contributed by atoms with Crippen molar-refractivity contribution >= 4 is 17.9 Å². The van der Waals surface area contributed by atoms with Gasteiger partial charge in [0.25, 0.3) is 6.10 Å². The van der Waals surface area contributed by atoms with E-state index in [1.165, 1.54) is 0 Å². The second kappa shape index (κ2) is 7.58. The Kier molecular flexibility index (Phi) is 6.83. The first kappa shape index (κ1) is 15.3. The molecule has 6 N–H and O–H groups in total. The van der Waals surface area contributed by atoms with E-state index in [1.54, 1.807) is 0 Å².